The molecule has 0 unspecified atom stereocenters. The Kier molecular flexibility index (Phi) is 6.96. The number of hydrogen-bond acceptors (Lipinski definition) is 7. The fraction of sp³-hybridized carbons (Fsp3) is 0.280. The van der Waals surface area contributed by atoms with Gasteiger partial charge in [-0.2, -0.15) is 17.5 Å². The molecule has 0 aliphatic rings. The van der Waals surface area contributed by atoms with Crippen molar-refractivity contribution < 1.29 is 27.4 Å². The zero-order chi connectivity index (χ0) is 27.1. The molecule has 0 aliphatic carbocycles. The molecule has 0 aliphatic heterocycles. The molecule has 0 atom stereocenters. The number of halogens is 3. The summed E-state index contributed by atoms with van der Waals surface area (Å²) in [5.74, 6) is -0.170. The van der Waals surface area contributed by atoms with Crippen molar-refractivity contribution >= 4 is 27.6 Å². The van der Waals surface area contributed by atoms with E-state index in [1.165, 1.54) is 12.1 Å². The normalized spacial score (nSPS) is 11.8. The first-order valence-electron chi connectivity index (χ1n) is 11.1. The van der Waals surface area contributed by atoms with Gasteiger partial charge in [-0.05, 0) is 62.6 Å². The van der Waals surface area contributed by atoms with Crippen LogP contribution in [0.2, 0.25) is 0 Å². The number of nitrogens with zero attached hydrogens (tertiary/aromatic N) is 3. The highest BCUT2D eigenvalue weighted by Gasteiger charge is 2.35. The number of esters is 1. The first-order chi connectivity index (χ1) is 17.4. The zero-order valence-electron chi connectivity index (χ0n) is 20.3. The molecular formula is C25H22F3N3O5S. The maximum atomic E-state index is 13.2. The second-order valence-corrected chi connectivity index (χ2v) is 9.39. The Labute approximate surface area is 212 Å². The number of alkyl halides is 3. The maximum Gasteiger partial charge on any atom is 0.431 e. The van der Waals surface area contributed by atoms with Gasteiger partial charge in [-0.1, -0.05) is 11.6 Å². The molecule has 0 amide bonds. The van der Waals surface area contributed by atoms with Crippen LogP contribution in [0, 0.1) is 6.92 Å². The highest BCUT2D eigenvalue weighted by Crippen LogP contribution is 2.37. The number of hydrogen-bond donors (Lipinski definition) is 0. The third-order valence-corrected chi connectivity index (χ3v) is 6.25. The minimum Gasteiger partial charge on any atom is -0.481 e. The molecule has 0 spiro atoms. The Morgan fingerprint density at radius 3 is 2.51 bits per heavy atom. The summed E-state index contributed by atoms with van der Waals surface area (Å²) < 4.78 is 56.8. The van der Waals surface area contributed by atoms with Gasteiger partial charge in [0, 0.05) is 24.1 Å². The molecule has 0 saturated heterocycles. The maximum absolute atomic E-state index is 13.2. The summed E-state index contributed by atoms with van der Waals surface area (Å²) in [6.45, 7) is 5.00. The van der Waals surface area contributed by atoms with E-state index < -0.39 is 29.1 Å². The van der Waals surface area contributed by atoms with Crippen LogP contribution in [-0.4, -0.2) is 32.2 Å². The lowest BCUT2D eigenvalue weighted by Crippen LogP contribution is -2.40. The molecule has 194 valence electrons. The SMILES string of the molecule is Cc1ccc(OCC(=O)OC(C)C)c(-c2nsc3ccc(-n4c(=O)cc(C(F)(F)F)n(C)c4=O)cc23)c1. The van der Waals surface area contributed by atoms with Crippen LogP contribution in [-0.2, 0) is 22.8 Å². The number of fused-ring (bicyclic) bond motifs is 1. The minimum absolute atomic E-state index is 0.0870. The van der Waals surface area contributed by atoms with Crippen LogP contribution in [0.5, 0.6) is 5.75 Å². The average molecular weight is 534 g/mol. The fourth-order valence-corrected chi connectivity index (χ4v) is 4.55. The van der Waals surface area contributed by atoms with Crippen LogP contribution in [0.4, 0.5) is 13.2 Å². The summed E-state index contributed by atoms with van der Waals surface area (Å²) in [7, 11) is 0.956. The molecular weight excluding hydrogens is 511 g/mol. The van der Waals surface area contributed by atoms with Gasteiger partial charge in [-0.3, -0.25) is 9.36 Å². The molecule has 0 bridgehead atoms. The summed E-state index contributed by atoms with van der Waals surface area (Å²) >= 11 is 1.16. The first-order valence-corrected chi connectivity index (χ1v) is 11.9. The van der Waals surface area contributed by atoms with Crippen molar-refractivity contribution in [1.29, 1.82) is 0 Å². The topological polar surface area (TPSA) is 92.4 Å². The van der Waals surface area contributed by atoms with Crippen molar-refractivity contribution in [1.82, 2.24) is 13.5 Å². The van der Waals surface area contributed by atoms with Gasteiger partial charge in [-0.15, -0.1) is 0 Å². The summed E-state index contributed by atoms with van der Waals surface area (Å²) in [6.07, 6.45) is -5.15. The molecule has 2 heterocycles. The first kappa shape index (κ1) is 26.1. The Hall–Kier alpha value is -3.93. The van der Waals surface area contributed by atoms with E-state index in [0.717, 1.165) is 24.1 Å². The van der Waals surface area contributed by atoms with Crippen LogP contribution < -0.4 is 16.0 Å². The lowest BCUT2D eigenvalue weighted by Gasteiger charge is -2.14. The molecule has 0 fully saturated rings. The van der Waals surface area contributed by atoms with Gasteiger partial charge in [0.15, 0.2) is 6.61 Å². The number of benzene rings is 2. The fourth-order valence-electron chi connectivity index (χ4n) is 3.78. The molecule has 37 heavy (non-hydrogen) atoms. The molecule has 0 radical (unpaired) electrons. The average Bonchev–Trinajstić information content (AvgIpc) is 3.22. The summed E-state index contributed by atoms with van der Waals surface area (Å²) in [5.41, 5.74) is -1.57. The second-order valence-electron chi connectivity index (χ2n) is 8.58. The van der Waals surface area contributed by atoms with Crippen LogP contribution in [0.25, 0.3) is 27.0 Å². The third kappa shape index (κ3) is 5.29. The molecule has 4 aromatic rings. The van der Waals surface area contributed by atoms with E-state index >= 15 is 0 Å². The number of aryl methyl sites for hydroxylation is 1. The lowest BCUT2D eigenvalue weighted by atomic mass is 10.0. The quantitative estimate of drug-likeness (QED) is 0.340. The number of carbonyl (C=O) groups is 1. The van der Waals surface area contributed by atoms with Gasteiger partial charge < -0.3 is 9.47 Å². The lowest BCUT2D eigenvalue weighted by molar-refractivity contribution is -0.149. The van der Waals surface area contributed by atoms with E-state index in [4.69, 9.17) is 9.47 Å². The number of rotatable bonds is 6. The minimum atomic E-state index is -4.86. The van der Waals surface area contributed by atoms with E-state index in [2.05, 4.69) is 4.37 Å². The third-order valence-electron chi connectivity index (χ3n) is 5.43. The van der Waals surface area contributed by atoms with Crippen molar-refractivity contribution in [3.8, 4) is 22.7 Å². The Balaban J connectivity index is 1.82. The Bertz CT molecular complexity index is 1620. The van der Waals surface area contributed by atoms with Gasteiger partial charge in [0.1, 0.15) is 11.4 Å². The largest absolute Gasteiger partial charge is 0.481 e. The van der Waals surface area contributed by atoms with Crippen LogP contribution in [0.15, 0.2) is 52.1 Å². The van der Waals surface area contributed by atoms with E-state index in [1.54, 1.807) is 32.0 Å². The standard InChI is InChI=1S/C25H22F3N3O5S/c1-13(2)36-22(33)12-35-18-7-5-14(3)9-16(18)23-17-10-15(6-8-19(17)37-29-23)31-21(32)11-20(25(26,27)28)30(4)24(31)34/h5-11,13H,12H2,1-4H3. The van der Waals surface area contributed by atoms with Crippen molar-refractivity contribution in [2.45, 2.75) is 33.1 Å². The molecule has 4 rings (SSSR count). The summed E-state index contributed by atoms with van der Waals surface area (Å²) in [6, 6.07) is 10.3. The van der Waals surface area contributed by atoms with Gasteiger partial charge in [-0.25, -0.2) is 14.2 Å². The molecule has 0 saturated carbocycles. The van der Waals surface area contributed by atoms with E-state index in [0.29, 0.717) is 42.3 Å². The van der Waals surface area contributed by atoms with Crippen LogP contribution >= 0.6 is 11.5 Å². The van der Waals surface area contributed by atoms with Crippen molar-refractivity contribution in [3.05, 3.63) is 74.6 Å². The van der Waals surface area contributed by atoms with E-state index in [9.17, 15) is 27.6 Å². The second kappa shape index (κ2) is 9.85. The van der Waals surface area contributed by atoms with Gasteiger partial charge in [0.05, 0.1) is 22.2 Å². The van der Waals surface area contributed by atoms with Gasteiger partial charge in [0.25, 0.3) is 5.56 Å². The zero-order valence-corrected chi connectivity index (χ0v) is 21.1. The van der Waals surface area contributed by atoms with Gasteiger partial charge >= 0.3 is 17.8 Å². The Morgan fingerprint density at radius 1 is 1.11 bits per heavy atom. The van der Waals surface area contributed by atoms with Gasteiger partial charge in [0.2, 0.25) is 0 Å². The summed E-state index contributed by atoms with van der Waals surface area (Å²) in [5, 5.41) is 0.552. The molecule has 0 N–H and O–H groups in total. The van der Waals surface area contributed by atoms with Crippen molar-refractivity contribution in [2.75, 3.05) is 6.61 Å². The monoisotopic (exact) mass is 533 g/mol. The number of carbonyl (C=O) groups excluding carboxylic acids is 1. The number of aromatic nitrogens is 3. The Morgan fingerprint density at radius 2 is 1.84 bits per heavy atom. The molecule has 2 aromatic heterocycles. The molecule has 8 nitrogen and oxygen atoms in total. The van der Waals surface area contributed by atoms with Crippen molar-refractivity contribution in [3.63, 3.8) is 0 Å². The number of ether oxygens (including phenoxy) is 2. The predicted molar refractivity (Wildman–Crippen MR) is 132 cm³/mol. The molecule has 2 aromatic carbocycles. The smallest absolute Gasteiger partial charge is 0.431 e. The highest BCUT2D eigenvalue weighted by atomic mass is 32.1. The summed E-state index contributed by atoms with van der Waals surface area (Å²) in [4.78, 5) is 37.3. The van der Waals surface area contributed by atoms with E-state index in [-0.39, 0.29) is 18.4 Å². The highest BCUT2D eigenvalue weighted by molar-refractivity contribution is 7.13. The van der Waals surface area contributed by atoms with Crippen LogP contribution in [0.1, 0.15) is 25.1 Å². The van der Waals surface area contributed by atoms with Crippen LogP contribution in [0.3, 0.4) is 0 Å². The van der Waals surface area contributed by atoms with E-state index in [1.807, 2.05) is 13.0 Å². The predicted octanol–water partition coefficient (Wildman–Crippen LogP) is 4.47. The molecule has 12 heteroatoms. The van der Waals surface area contributed by atoms with Crippen molar-refractivity contribution in [2.24, 2.45) is 7.05 Å².